The van der Waals surface area contributed by atoms with Crippen LogP contribution in [0.5, 0.6) is 5.75 Å². The van der Waals surface area contributed by atoms with Crippen molar-refractivity contribution >= 4 is 23.5 Å². The van der Waals surface area contributed by atoms with Crippen LogP contribution in [0.3, 0.4) is 0 Å². The first-order valence-electron chi connectivity index (χ1n) is 8.75. The van der Waals surface area contributed by atoms with E-state index in [2.05, 4.69) is 20.6 Å². The van der Waals surface area contributed by atoms with E-state index in [1.54, 1.807) is 18.9 Å². The van der Waals surface area contributed by atoms with E-state index in [1.807, 2.05) is 55.2 Å². The summed E-state index contributed by atoms with van der Waals surface area (Å²) in [6, 6.07) is 8.00. The highest BCUT2D eigenvalue weighted by Gasteiger charge is 2.30. The van der Waals surface area contributed by atoms with E-state index in [-0.39, 0.29) is 17.2 Å². The van der Waals surface area contributed by atoms with Crippen molar-refractivity contribution in [1.82, 2.24) is 20.0 Å². The van der Waals surface area contributed by atoms with Crippen LogP contribution in [0.25, 0.3) is 11.3 Å². The van der Waals surface area contributed by atoms with E-state index in [0.717, 1.165) is 34.0 Å². The number of rotatable bonds is 4. The lowest BCUT2D eigenvalue weighted by Crippen LogP contribution is -2.17. The van der Waals surface area contributed by atoms with Gasteiger partial charge >= 0.3 is 0 Å². The van der Waals surface area contributed by atoms with E-state index >= 15 is 0 Å². The SMILES string of the molecule is COc1ccc(-c2[nH]ncc2[C@@H]2SCC(=O)Nc3c2cnn3C(C)C)cc1. The van der Waals surface area contributed by atoms with Crippen molar-refractivity contribution < 1.29 is 9.53 Å². The molecule has 4 rings (SSSR count). The summed E-state index contributed by atoms with van der Waals surface area (Å²) in [4.78, 5) is 12.2. The zero-order valence-corrected chi connectivity index (χ0v) is 16.2. The molecule has 0 fully saturated rings. The number of aromatic nitrogens is 4. The number of aromatic amines is 1. The van der Waals surface area contributed by atoms with Crippen LogP contribution in [-0.4, -0.2) is 38.7 Å². The second-order valence-electron chi connectivity index (χ2n) is 6.65. The van der Waals surface area contributed by atoms with E-state index in [9.17, 15) is 4.79 Å². The molecule has 0 aliphatic carbocycles. The Bertz CT molecular complexity index is 961. The molecule has 8 heteroatoms. The molecule has 1 atom stereocenters. The predicted octanol–water partition coefficient (Wildman–Crippen LogP) is 3.64. The third-order valence-electron chi connectivity index (χ3n) is 4.56. The number of benzene rings is 1. The van der Waals surface area contributed by atoms with Crippen molar-refractivity contribution in [2.45, 2.75) is 25.1 Å². The van der Waals surface area contributed by atoms with Gasteiger partial charge in [0.1, 0.15) is 11.6 Å². The molecule has 0 saturated carbocycles. The molecular formula is C19H21N5O2S. The van der Waals surface area contributed by atoms with Gasteiger partial charge in [0, 0.05) is 22.7 Å². The molecule has 0 radical (unpaired) electrons. The summed E-state index contributed by atoms with van der Waals surface area (Å²) in [6.45, 7) is 4.10. The number of thioether (sulfide) groups is 1. The molecule has 0 spiro atoms. The first-order valence-corrected chi connectivity index (χ1v) is 9.80. The molecule has 140 valence electrons. The van der Waals surface area contributed by atoms with Crippen LogP contribution in [0.2, 0.25) is 0 Å². The molecular weight excluding hydrogens is 362 g/mol. The van der Waals surface area contributed by atoms with Crippen molar-refractivity contribution in [3.05, 3.63) is 47.8 Å². The Hall–Kier alpha value is -2.74. The zero-order valence-electron chi connectivity index (χ0n) is 15.4. The normalized spacial score (nSPS) is 16.7. The Morgan fingerprint density at radius 1 is 1.22 bits per heavy atom. The van der Waals surface area contributed by atoms with Gasteiger partial charge in [0.2, 0.25) is 5.91 Å². The molecule has 3 heterocycles. The monoisotopic (exact) mass is 383 g/mol. The van der Waals surface area contributed by atoms with Crippen LogP contribution >= 0.6 is 11.8 Å². The maximum absolute atomic E-state index is 12.2. The topological polar surface area (TPSA) is 84.8 Å². The number of amides is 1. The number of nitrogens with zero attached hydrogens (tertiary/aromatic N) is 3. The van der Waals surface area contributed by atoms with E-state index in [0.29, 0.717) is 5.75 Å². The molecule has 1 aliphatic heterocycles. The van der Waals surface area contributed by atoms with Gasteiger partial charge in [0.05, 0.1) is 36.2 Å². The van der Waals surface area contributed by atoms with Crippen LogP contribution in [-0.2, 0) is 4.79 Å². The van der Waals surface area contributed by atoms with Gasteiger partial charge in [-0.15, -0.1) is 11.8 Å². The number of methoxy groups -OCH3 is 1. The van der Waals surface area contributed by atoms with Crippen molar-refractivity contribution in [2.75, 3.05) is 18.2 Å². The average Bonchev–Trinajstić information content (AvgIpc) is 3.27. The van der Waals surface area contributed by atoms with Crippen molar-refractivity contribution in [3.63, 3.8) is 0 Å². The van der Waals surface area contributed by atoms with Crippen LogP contribution < -0.4 is 10.1 Å². The Morgan fingerprint density at radius 2 is 2.00 bits per heavy atom. The summed E-state index contributed by atoms with van der Waals surface area (Å²) in [5.41, 5.74) is 3.99. The molecule has 1 aliphatic rings. The number of ether oxygens (including phenoxy) is 1. The Labute approximate surface area is 161 Å². The van der Waals surface area contributed by atoms with Gasteiger partial charge in [-0.1, -0.05) is 0 Å². The Balaban J connectivity index is 1.78. The van der Waals surface area contributed by atoms with Crippen molar-refractivity contribution in [1.29, 1.82) is 0 Å². The summed E-state index contributed by atoms with van der Waals surface area (Å²) in [5, 5.41) is 14.9. The number of anilines is 1. The number of hydrogen-bond acceptors (Lipinski definition) is 5. The summed E-state index contributed by atoms with van der Waals surface area (Å²) >= 11 is 1.58. The van der Waals surface area contributed by atoms with Crippen molar-refractivity contribution in [2.24, 2.45) is 0 Å². The molecule has 0 unspecified atom stereocenters. The number of carbonyl (C=O) groups excluding carboxylic acids is 1. The molecule has 0 bridgehead atoms. The van der Waals surface area contributed by atoms with Gasteiger partial charge in [0.15, 0.2) is 0 Å². The molecule has 7 nitrogen and oxygen atoms in total. The van der Waals surface area contributed by atoms with Gasteiger partial charge in [-0.05, 0) is 38.1 Å². The molecule has 3 aromatic rings. The third kappa shape index (κ3) is 3.21. The Kier molecular flexibility index (Phi) is 4.65. The quantitative estimate of drug-likeness (QED) is 0.718. The second-order valence-corrected chi connectivity index (χ2v) is 7.75. The minimum absolute atomic E-state index is 0.0133. The number of nitrogens with one attached hydrogen (secondary N) is 2. The second kappa shape index (κ2) is 7.11. The van der Waals surface area contributed by atoms with Gasteiger partial charge in [-0.2, -0.15) is 10.2 Å². The van der Waals surface area contributed by atoms with E-state index in [1.165, 1.54) is 0 Å². The predicted molar refractivity (Wildman–Crippen MR) is 106 cm³/mol. The summed E-state index contributed by atoms with van der Waals surface area (Å²) in [6.07, 6.45) is 3.69. The van der Waals surface area contributed by atoms with Gasteiger partial charge in [0.25, 0.3) is 0 Å². The maximum Gasteiger partial charge on any atom is 0.235 e. The lowest BCUT2D eigenvalue weighted by molar-refractivity contribution is -0.113. The molecule has 2 aromatic heterocycles. The third-order valence-corrected chi connectivity index (χ3v) is 5.83. The van der Waals surface area contributed by atoms with Gasteiger partial charge in [-0.3, -0.25) is 9.89 Å². The summed E-state index contributed by atoms with van der Waals surface area (Å²) in [7, 11) is 1.65. The largest absolute Gasteiger partial charge is 0.497 e. The summed E-state index contributed by atoms with van der Waals surface area (Å²) in [5.74, 6) is 1.94. The van der Waals surface area contributed by atoms with E-state index in [4.69, 9.17) is 4.74 Å². The first kappa shape index (κ1) is 17.7. The highest BCUT2D eigenvalue weighted by Crippen LogP contribution is 2.44. The molecule has 1 aromatic carbocycles. The summed E-state index contributed by atoms with van der Waals surface area (Å²) < 4.78 is 7.11. The van der Waals surface area contributed by atoms with Gasteiger partial charge in [-0.25, -0.2) is 4.68 Å². The van der Waals surface area contributed by atoms with Gasteiger partial charge < -0.3 is 10.1 Å². The first-order chi connectivity index (χ1) is 13.1. The Morgan fingerprint density at radius 3 is 2.70 bits per heavy atom. The zero-order chi connectivity index (χ0) is 19.0. The number of fused-ring (bicyclic) bond motifs is 1. The fourth-order valence-electron chi connectivity index (χ4n) is 3.25. The number of carbonyl (C=O) groups is 1. The molecule has 27 heavy (non-hydrogen) atoms. The minimum atomic E-state index is -0.0395. The minimum Gasteiger partial charge on any atom is -0.497 e. The lowest BCUT2D eigenvalue weighted by Gasteiger charge is -2.15. The molecule has 0 saturated heterocycles. The fourth-order valence-corrected chi connectivity index (χ4v) is 4.35. The lowest BCUT2D eigenvalue weighted by atomic mass is 10.0. The van der Waals surface area contributed by atoms with Crippen LogP contribution in [0.15, 0.2) is 36.7 Å². The van der Waals surface area contributed by atoms with Crippen LogP contribution in [0.1, 0.15) is 36.3 Å². The molecule has 2 N–H and O–H groups in total. The van der Waals surface area contributed by atoms with Crippen LogP contribution in [0.4, 0.5) is 5.82 Å². The van der Waals surface area contributed by atoms with E-state index < -0.39 is 0 Å². The molecule has 1 amide bonds. The highest BCUT2D eigenvalue weighted by atomic mass is 32.2. The fraction of sp³-hybridized carbons (Fsp3) is 0.316. The standard InChI is InChI=1S/C19H21N5O2S/c1-11(2)24-19-15(9-21-24)18(27-10-16(25)22-19)14-8-20-23-17(14)12-4-6-13(26-3)7-5-12/h4-9,11,18H,10H2,1-3H3,(H,20,23)(H,22,25)/t18-/m0/s1. The van der Waals surface area contributed by atoms with Crippen LogP contribution in [0, 0.1) is 0 Å². The number of hydrogen-bond donors (Lipinski definition) is 2. The smallest absolute Gasteiger partial charge is 0.235 e. The number of H-pyrrole nitrogens is 1. The maximum atomic E-state index is 12.2. The van der Waals surface area contributed by atoms with Crippen molar-refractivity contribution in [3.8, 4) is 17.0 Å². The average molecular weight is 383 g/mol. The highest BCUT2D eigenvalue weighted by molar-refractivity contribution is 8.00.